The Morgan fingerprint density at radius 2 is 1.79 bits per heavy atom. The quantitative estimate of drug-likeness (QED) is 0.458. The van der Waals surface area contributed by atoms with Gasteiger partial charge in [0.05, 0.1) is 16.8 Å². The van der Waals surface area contributed by atoms with Gasteiger partial charge in [-0.05, 0) is 55.3 Å². The fourth-order valence-electron chi connectivity index (χ4n) is 4.09. The number of aryl methyl sites for hydroxylation is 1. The summed E-state index contributed by atoms with van der Waals surface area (Å²) in [4.78, 5) is 34.0. The van der Waals surface area contributed by atoms with E-state index in [0.29, 0.717) is 44.2 Å². The Balaban J connectivity index is 1.16. The van der Waals surface area contributed by atoms with Gasteiger partial charge in [0, 0.05) is 31.9 Å². The number of thiazole rings is 1. The summed E-state index contributed by atoms with van der Waals surface area (Å²) in [6.45, 7) is 6.71. The van der Waals surface area contributed by atoms with E-state index in [-0.39, 0.29) is 11.8 Å². The molecular weight excluding hydrogens is 448 g/mol. The molecule has 2 aromatic carbocycles. The molecule has 0 spiro atoms. The Labute approximate surface area is 202 Å². The van der Waals surface area contributed by atoms with Crippen LogP contribution in [0.25, 0.3) is 21.0 Å². The summed E-state index contributed by atoms with van der Waals surface area (Å²) < 4.78 is 6.95. The number of carbonyl (C=O) groups is 2. The summed E-state index contributed by atoms with van der Waals surface area (Å²) in [6, 6.07) is 17.3. The number of hydrogen-bond donors (Lipinski definition) is 1. The van der Waals surface area contributed by atoms with Crippen molar-refractivity contribution in [3.05, 3.63) is 71.5 Å². The van der Waals surface area contributed by atoms with Crippen molar-refractivity contribution in [2.24, 2.45) is 0 Å². The predicted octanol–water partition coefficient (Wildman–Crippen LogP) is 4.57. The van der Waals surface area contributed by atoms with E-state index < -0.39 is 0 Å². The lowest BCUT2D eigenvalue weighted by Crippen LogP contribution is -2.50. The number of piperazine rings is 1. The SMILES string of the molecule is Cc1cccc(NC(=O)CN2CCN(C(=O)c3ccc(-c4nc5ccccc5s4)o3)CC2)c1C. The fraction of sp³-hybridized carbons (Fsp3) is 0.269. The van der Waals surface area contributed by atoms with Crippen molar-refractivity contribution in [1.82, 2.24) is 14.8 Å². The molecule has 1 aliphatic heterocycles. The molecule has 2 amide bonds. The van der Waals surface area contributed by atoms with Crippen LogP contribution in [0.15, 0.2) is 59.0 Å². The van der Waals surface area contributed by atoms with Crippen LogP contribution in [0.4, 0.5) is 5.69 Å². The standard InChI is InChI=1S/C26H26N4O3S/c1-17-6-5-8-19(18(17)2)27-24(31)16-29-12-14-30(15-13-29)26(32)22-11-10-21(33-22)25-28-20-7-3-4-9-23(20)34-25/h3-11H,12-16H2,1-2H3,(H,27,31). The summed E-state index contributed by atoms with van der Waals surface area (Å²) in [5, 5.41) is 3.77. The van der Waals surface area contributed by atoms with Crippen LogP contribution in [0.2, 0.25) is 0 Å². The van der Waals surface area contributed by atoms with E-state index in [2.05, 4.69) is 15.2 Å². The molecule has 0 unspecified atom stereocenters. The summed E-state index contributed by atoms with van der Waals surface area (Å²) in [7, 11) is 0. The van der Waals surface area contributed by atoms with Gasteiger partial charge >= 0.3 is 0 Å². The number of hydrogen-bond acceptors (Lipinski definition) is 6. The Morgan fingerprint density at radius 1 is 1.00 bits per heavy atom. The second-order valence-corrected chi connectivity index (χ2v) is 9.55. The van der Waals surface area contributed by atoms with E-state index in [1.807, 2.05) is 56.3 Å². The third-order valence-electron chi connectivity index (χ3n) is 6.23. The van der Waals surface area contributed by atoms with Crippen LogP contribution in [0.1, 0.15) is 21.7 Å². The number of fused-ring (bicyclic) bond motifs is 1. The van der Waals surface area contributed by atoms with Gasteiger partial charge in [0.15, 0.2) is 16.5 Å². The molecule has 0 aliphatic carbocycles. The Hall–Kier alpha value is -3.49. The molecule has 34 heavy (non-hydrogen) atoms. The summed E-state index contributed by atoms with van der Waals surface area (Å²) in [5.74, 6) is 0.744. The van der Waals surface area contributed by atoms with Crippen LogP contribution < -0.4 is 5.32 Å². The maximum Gasteiger partial charge on any atom is 0.289 e. The topological polar surface area (TPSA) is 78.7 Å². The first-order valence-corrected chi connectivity index (χ1v) is 12.1. The molecule has 1 fully saturated rings. The van der Waals surface area contributed by atoms with Crippen molar-refractivity contribution < 1.29 is 14.0 Å². The molecule has 3 heterocycles. The van der Waals surface area contributed by atoms with E-state index in [4.69, 9.17) is 4.42 Å². The minimum atomic E-state index is -0.133. The number of furan rings is 1. The average molecular weight is 475 g/mol. The monoisotopic (exact) mass is 474 g/mol. The summed E-state index contributed by atoms with van der Waals surface area (Å²) in [5.41, 5.74) is 3.99. The number of amides is 2. The van der Waals surface area contributed by atoms with Gasteiger partial charge in [0.2, 0.25) is 5.91 Å². The van der Waals surface area contributed by atoms with Crippen LogP contribution in [0.5, 0.6) is 0 Å². The number of carbonyl (C=O) groups excluding carboxylic acids is 2. The molecule has 2 aromatic heterocycles. The highest BCUT2D eigenvalue weighted by Crippen LogP contribution is 2.31. The van der Waals surface area contributed by atoms with Crippen molar-refractivity contribution in [2.75, 3.05) is 38.0 Å². The number of nitrogens with zero attached hydrogens (tertiary/aromatic N) is 3. The van der Waals surface area contributed by atoms with Gasteiger partial charge in [-0.25, -0.2) is 4.98 Å². The molecule has 0 radical (unpaired) electrons. The Kier molecular flexibility index (Phi) is 6.17. The Morgan fingerprint density at radius 3 is 2.59 bits per heavy atom. The van der Waals surface area contributed by atoms with Gasteiger partial charge < -0.3 is 14.6 Å². The van der Waals surface area contributed by atoms with Crippen molar-refractivity contribution in [1.29, 1.82) is 0 Å². The maximum absolute atomic E-state index is 13.0. The molecule has 0 saturated carbocycles. The van der Waals surface area contributed by atoms with Crippen LogP contribution in [-0.4, -0.2) is 59.3 Å². The van der Waals surface area contributed by atoms with E-state index in [1.165, 1.54) is 0 Å². The highest BCUT2D eigenvalue weighted by Gasteiger charge is 2.26. The normalized spacial score (nSPS) is 14.5. The van der Waals surface area contributed by atoms with Gasteiger partial charge in [0.25, 0.3) is 5.91 Å². The third kappa shape index (κ3) is 4.60. The molecular formula is C26H26N4O3S. The van der Waals surface area contributed by atoms with E-state index in [1.54, 1.807) is 28.4 Å². The first-order valence-electron chi connectivity index (χ1n) is 11.3. The average Bonchev–Trinajstić information content (AvgIpc) is 3.49. The van der Waals surface area contributed by atoms with Gasteiger partial charge in [-0.2, -0.15) is 0 Å². The van der Waals surface area contributed by atoms with E-state index >= 15 is 0 Å². The lowest BCUT2D eigenvalue weighted by Gasteiger charge is -2.33. The predicted molar refractivity (Wildman–Crippen MR) is 134 cm³/mol. The van der Waals surface area contributed by atoms with Crippen molar-refractivity contribution in [2.45, 2.75) is 13.8 Å². The largest absolute Gasteiger partial charge is 0.448 e. The zero-order chi connectivity index (χ0) is 23.7. The molecule has 0 atom stereocenters. The van der Waals surface area contributed by atoms with Gasteiger partial charge in [0.1, 0.15) is 0 Å². The molecule has 7 nitrogen and oxygen atoms in total. The van der Waals surface area contributed by atoms with Crippen molar-refractivity contribution in [3.63, 3.8) is 0 Å². The van der Waals surface area contributed by atoms with Crippen molar-refractivity contribution >= 4 is 39.1 Å². The second-order valence-electron chi connectivity index (χ2n) is 8.51. The highest BCUT2D eigenvalue weighted by molar-refractivity contribution is 7.21. The minimum Gasteiger partial charge on any atom is -0.448 e. The molecule has 174 valence electrons. The number of aromatic nitrogens is 1. The zero-order valence-electron chi connectivity index (χ0n) is 19.2. The van der Waals surface area contributed by atoms with Crippen LogP contribution in [-0.2, 0) is 4.79 Å². The summed E-state index contributed by atoms with van der Waals surface area (Å²) in [6.07, 6.45) is 0. The molecule has 4 aromatic rings. The van der Waals surface area contributed by atoms with Gasteiger partial charge in [-0.1, -0.05) is 24.3 Å². The number of nitrogens with one attached hydrogen (secondary N) is 1. The van der Waals surface area contributed by atoms with Gasteiger partial charge in [-0.15, -0.1) is 11.3 Å². The molecule has 1 aliphatic rings. The van der Waals surface area contributed by atoms with Crippen LogP contribution >= 0.6 is 11.3 Å². The van der Waals surface area contributed by atoms with Crippen LogP contribution in [0.3, 0.4) is 0 Å². The highest BCUT2D eigenvalue weighted by atomic mass is 32.1. The van der Waals surface area contributed by atoms with E-state index in [9.17, 15) is 9.59 Å². The number of anilines is 1. The molecule has 1 N–H and O–H groups in total. The third-order valence-corrected chi connectivity index (χ3v) is 7.28. The molecule has 1 saturated heterocycles. The lowest BCUT2D eigenvalue weighted by atomic mass is 10.1. The zero-order valence-corrected chi connectivity index (χ0v) is 20.0. The molecule has 5 rings (SSSR count). The fourth-order valence-corrected chi connectivity index (χ4v) is 5.02. The molecule has 8 heteroatoms. The van der Waals surface area contributed by atoms with Gasteiger partial charge in [-0.3, -0.25) is 14.5 Å². The number of rotatable bonds is 5. The number of para-hydroxylation sites is 1. The maximum atomic E-state index is 13.0. The van der Waals surface area contributed by atoms with Crippen molar-refractivity contribution in [3.8, 4) is 10.8 Å². The lowest BCUT2D eigenvalue weighted by molar-refractivity contribution is -0.117. The minimum absolute atomic E-state index is 0.0417. The first-order chi connectivity index (χ1) is 16.5. The van der Waals surface area contributed by atoms with Crippen LogP contribution in [0, 0.1) is 13.8 Å². The molecule has 0 bridgehead atoms. The Bertz CT molecular complexity index is 1320. The van der Waals surface area contributed by atoms with E-state index in [0.717, 1.165) is 32.0 Å². The first kappa shape index (κ1) is 22.3. The second kappa shape index (κ2) is 9.40. The summed E-state index contributed by atoms with van der Waals surface area (Å²) >= 11 is 1.54. The number of benzene rings is 2. The smallest absolute Gasteiger partial charge is 0.289 e.